The fraction of sp³-hybridized carbons (Fsp3) is 0.238. The number of hydrogen-bond acceptors (Lipinski definition) is 6. The molecular formula is C21H19F2N3O5S. The molecule has 0 atom stereocenters. The number of hydrogen-bond donors (Lipinski definition) is 1. The molecule has 32 heavy (non-hydrogen) atoms. The average Bonchev–Trinajstić information content (AvgIpc) is 2.79. The van der Waals surface area contributed by atoms with E-state index in [-0.39, 0.29) is 29.3 Å². The van der Waals surface area contributed by atoms with Crippen LogP contribution in [0.15, 0.2) is 59.0 Å². The van der Waals surface area contributed by atoms with Gasteiger partial charge >= 0.3 is 6.61 Å². The topological polar surface area (TPSA) is 109 Å². The van der Waals surface area contributed by atoms with Gasteiger partial charge in [0, 0.05) is 18.8 Å². The molecule has 11 heteroatoms. The van der Waals surface area contributed by atoms with Gasteiger partial charge in [-0.05, 0) is 48.0 Å². The first-order valence-electron chi connectivity index (χ1n) is 9.45. The van der Waals surface area contributed by atoms with Crippen molar-refractivity contribution in [1.29, 1.82) is 5.26 Å². The van der Waals surface area contributed by atoms with Crippen LogP contribution in [0.3, 0.4) is 0 Å². The Kier molecular flexibility index (Phi) is 7.53. The minimum Gasteiger partial charge on any atom is -0.435 e. The zero-order valence-corrected chi connectivity index (χ0v) is 17.5. The van der Waals surface area contributed by atoms with Gasteiger partial charge in [-0.2, -0.15) is 18.3 Å². The van der Waals surface area contributed by atoms with Crippen LogP contribution in [-0.4, -0.2) is 51.5 Å². The average molecular weight is 463 g/mol. The van der Waals surface area contributed by atoms with Crippen LogP contribution in [-0.2, 0) is 19.6 Å². The van der Waals surface area contributed by atoms with Crippen LogP contribution >= 0.6 is 0 Å². The van der Waals surface area contributed by atoms with Crippen molar-refractivity contribution in [2.24, 2.45) is 0 Å². The van der Waals surface area contributed by atoms with Gasteiger partial charge in [-0.25, -0.2) is 8.42 Å². The molecule has 1 saturated heterocycles. The van der Waals surface area contributed by atoms with Crippen molar-refractivity contribution in [3.8, 4) is 11.8 Å². The monoisotopic (exact) mass is 463 g/mol. The largest absolute Gasteiger partial charge is 0.435 e. The number of halogens is 2. The molecule has 2 aromatic rings. The van der Waals surface area contributed by atoms with Gasteiger partial charge in [0.25, 0.3) is 5.91 Å². The van der Waals surface area contributed by atoms with Crippen LogP contribution in [0.4, 0.5) is 14.5 Å². The van der Waals surface area contributed by atoms with Gasteiger partial charge < -0.3 is 14.8 Å². The zero-order valence-electron chi connectivity index (χ0n) is 16.7. The second kappa shape index (κ2) is 10.3. The Hall–Kier alpha value is -3.33. The molecule has 1 aliphatic rings. The Bertz CT molecular complexity index is 1120. The zero-order chi connectivity index (χ0) is 23.1. The molecule has 0 spiro atoms. The molecule has 0 radical (unpaired) electrons. The lowest BCUT2D eigenvalue weighted by Crippen LogP contribution is -2.40. The van der Waals surface area contributed by atoms with Crippen molar-refractivity contribution < 1.29 is 31.5 Å². The van der Waals surface area contributed by atoms with Crippen molar-refractivity contribution in [3.63, 3.8) is 0 Å². The number of nitrogens with one attached hydrogen (secondary N) is 1. The maximum absolute atomic E-state index is 12.6. The number of nitriles is 1. The second-order valence-corrected chi connectivity index (χ2v) is 8.55. The molecule has 1 amide bonds. The Balaban J connectivity index is 1.68. The lowest BCUT2D eigenvalue weighted by Gasteiger charge is -2.26. The fourth-order valence-electron chi connectivity index (χ4n) is 2.91. The molecular weight excluding hydrogens is 444 g/mol. The number of amides is 1. The van der Waals surface area contributed by atoms with E-state index < -0.39 is 22.5 Å². The predicted octanol–water partition coefficient (Wildman–Crippen LogP) is 2.85. The van der Waals surface area contributed by atoms with Gasteiger partial charge in [-0.15, -0.1) is 0 Å². The van der Waals surface area contributed by atoms with E-state index in [1.165, 1.54) is 58.9 Å². The molecule has 0 saturated carbocycles. The van der Waals surface area contributed by atoms with E-state index in [2.05, 4.69) is 10.1 Å². The summed E-state index contributed by atoms with van der Waals surface area (Å²) in [6.07, 6.45) is 1.29. The Labute approximate surface area is 183 Å². The fourth-order valence-corrected chi connectivity index (χ4v) is 4.31. The lowest BCUT2D eigenvalue weighted by molar-refractivity contribution is -0.112. The number of alkyl halides is 2. The summed E-state index contributed by atoms with van der Waals surface area (Å²) in [6, 6.07) is 12.8. The highest BCUT2D eigenvalue weighted by atomic mass is 32.2. The number of sulfonamides is 1. The van der Waals surface area contributed by atoms with E-state index in [0.29, 0.717) is 24.5 Å². The van der Waals surface area contributed by atoms with Crippen molar-refractivity contribution in [2.75, 3.05) is 31.6 Å². The summed E-state index contributed by atoms with van der Waals surface area (Å²) < 4.78 is 60.5. The van der Waals surface area contributed by atoms with Crippen LogP contribution in [0.5, 0.6) is 5.75 Å². The van der Waals surface area contributed by atoms with E-state index in [9.17, 15) is 27.3 Å². The number of carbonyl (C=O) groups excluding carboxylic acids is 1. The standard InChI is InChI=1S/C21H19F2N3O5S/c22-21(23)31-18-5-1-15(2-6-18)13-16(14-24)20(27)25-17-3-7-19(8-4-17)32(28,29)26-9-11-30-12-10-26/h1-8,13,21H,9-12H2,(H,25,27)/b16-13+. The lowest BCUT2D eigenvalue weighted by atomic mass is 10.1. The molecule has 0 bridgehead atoms. The van der Waals surface area contributed by atoms with Crippen LogP contribution in [0.2, 0.25) is 0 Å². The molecule has 1 fully saturated rings. The van der Waals surface area contributed by atoms with E-state index >= 15 is 0 Å². The van der Waals surface area contributed by atoms with Crippen LogP contribution in [0.1, 0.15) is 5.56 Å². The molecule has 1 N–H and O–H groups in total. The number of benzene rings is 2. The highest BCUT2D eigenvalue weighted by molar-refractivity contribution is 7.89. The van der Waals surface area contributed by atoms with Gasteiger partial charge in [-0.3, -0.25) is 4.79 Å². The summed E-state index contributed by atoms with van der Waals surface area (Å²) in [5, 5.41) is 11.8. The van der Waals surface area contributed by atoms with Gasteiger partial charge in [-0.1, -0.05) is 12.1 Å². The van der Waals surface area contributed by atoms with Crippen molar-refractivity contribution in [2.45, 2.75) is 11.5 Å². The van der Waals surface area contributed by atoms with E-state index in [4.69, 9.17) is 4.74 Å². The smallest absolute Gasteiger partial charge is 0.387 e. The normalized spacial score (nSPS) is 15.2. The van der Waals surface area contributed by atoms with Gasteiger partial charge in [0.15, 0.2) is 0 Å². The van der Waals surface area contributed by atoms with Crippen molar-refractivity contribution >= 4 is 27.7 Å². The van der Waals surface area contributed by atoms with Gasteiger partial charge in [0.2, 0.25) is 10.0 Å². The number of ether oxygens (including phenoxy) is 2. The minimum absolute atomic E-state index is 0.0489. The van der Waals surface area contributed by atoms with Gasteiger partial charge in [0.05, 0.1) is 18.1 Å². The first-order chi connectivity index (χ1) is 15.3. The SMILES string of the molecule is N#C/C(=C\c1ccc(OC(F)F)cc1)C(=O)Nc1ccc(S(=O)(=O)N2CCOCC2)cc1. The van der Waals surface area contributed by atoms with Crippen molar-refractivity contribution in [1.82, 2.24) is 4.31 Å². The van der Waals surface area contributed by atoms with Crippen LogP contribution < -0.4 is 10.1 Å². The van der Waals surface area contributed by atoms with Crippen molar-refractivity contribution in [3.05, 3.63) is 59.7 Å². The number of anilines is 1. The minimum atomic E-state index is -3.66. The third-order valence-electron chi connectivity index (χ3n) is 4.50. The summed E-state index contributed by atoms with van der Waals surface area (Å²) in [7, 11) is -3.66. The maximum atomic E-state index is 12.6. The summed E-state index contributed by atoms with van der Waals surface area (Å²) in [5.74, 6) is -0.753. The summed E-state index contributed by atoms with van der Waals surface area (Å²) in [5.41, 5.74) is 0.514. The van der Waals surface area contributed by atoms with E-state index in [1.807, 2.05) is 0 Å². The number of nitrogens with zero attached hydrogens (tertiary/aromatic N) is 2. The first kappa shape index (κ1) is 23.3. The maximum Gasteiger partial charge on any atom is 0.387 e. The highest BCUT2D eigenvalue weighted by Crippen LogP contribution is 2.21. The Morgan fingerprint density at radius 1 is 1.12 bits per heavy atom. The van der Waals surface area contributed by atoms with Crippen LogP contribution in [0.25, 0.3) is 6.08 Å². The Morgan fingerprint density at radius 2 is 1.75 bits per heavy atom. The quantitative estimate of drug-likeness (QED) is 0.500. The van der Waals surface area contributed by atoms with Crippen LogP contribution in [0, 0.1) is 11.3 Å². The third kappa shape index (κ3) is 5.88. The third-order valence-corrected chi connectivity index (χ3v) is 6.41. The molecule has 168 valence electrons. The molecule has 0 unspecified atom stereocenters. The van der Waals surface area contributed by atoms with E-state index in [1.54, 1.807) is 6.07 Å². The molecule has 0 aromatic heterocycles. The predicted molar refractivity (Wildman–Crippen MR) is 111 cm³/mol. The first-order valence-corrected chi connectivity index (χ1v) is 10.9. The van der Waals surface area contributed by atoms with E-state index in [0.717, 1.165) is 0 Å². The molecule has 1 heterocycles. The molecule has 2 aromatic carbocycles. The summed E-state index contributed by atoms with van der Waals surface area (Å²) in [6.45, 7) is -1.75. The van der Waals surface area contributed by atoms with Gasteiger partial charge in [0.1, 0.15) is 17.4 Å². The highest BCUT2D eigenvalue weighted by Gasteiger charge is 2.26. The Morgan fingerprint density at radius 3 is 2.31 bits per heavy atom. The molecule has 3 rings (SSSR count). The summed E-state index contributed by atoms with van der Waals surface area (Å²) >= 11 is 0. The number of carbonyl (C=O) groups is 1. The molecule has 0 aliphatic carbocycles. The molecule has 8 nitrogen and oxygen atoms in total. The molecule has 1 aliphatic heterocycles. The second-order valence-electron chi connectivity index (χ2n) is 6.61. The summed E-state index contributed by atoms with van der Waals surface area (Å²) in [4.78, 5) is 12.5. The number of morpholine rings is 1. The number of rotatable bonds is 7.